The largest absolute Gasteiger partial charge is 0.492 e. The van der Waals surface area contributed by atoms with E-state index in [4.69, 9.17) is 27.9 Å². The molecule has 1 aliphatic carbocycles. The van der Waals surface area contributed by atoms with Gasteiger partial charge >= 0.3 is 12.1 Å². The number of carbonyl (C=O) groups is 1. The molecule has 0 radical (unpaired) electrons. The van der Waals surface area contributed by atoms with Crippen LogP contribution in [0.4, 0.5) is 13.2 Å². The first-order valence-corrected chi connectivity index (χ1v) is 13.8. The van der Waals surface area contributed by atoms with Gasteiger partial charge in [-0.3, -0.25) is 4.79 Å². The highest BCUT2D eigenvalue weighted by molar-refractivity contribution is 7.89. The van der Waals surface area contributed by atoms with Gasteiger partial charge in [-0.05, 0) is 66.6 Å². The molecular weight excluding hydrogens is 540 g/mol. The van der Waals surface area contributed by atoms with Crippen LogP contribution in [0.1, 0.15) is 42.4 Å². The van der Waals surface area contributed by atoms with Gasteiger partial charge in [-0.1, -0.05) is 42.3 Å². The highest BCUT2D eigenvalue weighted by Crippen LogP contribution is 2.38. The van der Waals surface area contributed by atoms with Crippen LogP contribution in [0.3, 0.4) is 0 Å². The van der Waals surface area contributed by atoms with E-state index in [-0.39, 0.29) is 18.9 Å². The number of hydrogen-bond acceptors (Lipinski definition) is 4. The normalized spacial score (nSPS) is 17.9. The first-order chi connectivity index (χ1) is 16.9. The number of nitrogens with one attached hydrogen (secondary N) is 2. The quantitative estimate of drug-likeness (QED) is 0.395. The molecule has 2 aromatic carbocycles. The number of alkyl halides is 3. The summed E-state index contributed by atoms with van der Waals surface area (Å²) in [5.41, 5.74) is 2.45. The summed E-state index contributed by atoms with van der Waals surface area (Å²) < 4.78 is 70.8. The van der Waals surface area contributed by atoms with Crippen LogP contribution >= 0.6 is 23.2 Å². The van der Waals surface area contributed by atoms with Crippen LogP contribution in [-0.4, -0.2) is 45.4 Å². The minimum absolute atomic E-state index is 0.0211. The van der Waals surface area contributed by atoms with E-state index in [1.54, 1.807) is 37.3 Å². The van der Waals surface area contributed by atoms with Crippen molar-refractivity contribution >= 4 is 39.1 Å². The summed E-state index contributed by atoms with van der Waals surface area (Å²) in [5, 5.41) is 2.84. The average Bonchev–Trinajstić information content (AvgIpc) is 2.80. The Balaban J connectivity index is 1.83. The molecule has 6 nitrogen and oxygen atoms in total. The molecule has 1 aliphatic rings. The molecule has 0 fully saturated rings. The maximum atomic E-state index is 13.0. The summed E-state index contributed by atoms with van der Waals surface area (Å²) in [4.78, 5) is 11.8. The predicted octanol–water partition coefficient (Wildman–Crippen LogP) is 5.02. The van der Waals surface area contributed by atoms with Gasteiger partial charge in [0.05, 0.1) is 15.8 Å². The number of carbonyl (C=O) groups excluding carboxylic acids is 1. The van der Waals surface area contributed by atoms with Crippen molar-refractivity contribution in [2.45, 2.75) is 50.7 Å². The van der Waals surface area contributed by atoms with Gasteiger partial charge < -0.3 is 10.1 Å². The summed E-state index contributed by atoms with van der Waals surface area (Å²) in [7, 11) is -3.36. The van der Waals surface area contributed by atoms with Crippen molar-refractivity contribution in [3.63, 3.8) is 0 Å². The number of rotatable bonds is 10. The number of hydrogen-bond donors (Lipinski definition) is 2. The van der Waals surface area contributed by atoms with Crippen LogP contribution in [0.2, 0.25) is 10.0 Å². The van der Waals surface area contributed by atoms with E-state index in [9.17, 15) is 26.4 Å². The maximum Gasteiger partial charge on any atom is 0.471 e. The zero-order chi connectivity index (χ0) is 26.5. The van der Waals surface area contributed by atoms with E-state index in [0.717, 1.165) is 16.7 Å². The zero-order valence-corrected chi connectivity index (χ0v) is 21.8. The minimum Gasteiger partial charge on any atom is -0.492 e. The second-order valence-corrected chi connectivity index (χ2v) is 11.3. The van der Waals surface area contributed by atoms with Gasteiger partial charge in [0, 0.05) is 18.5 Å². The number of halogens is 5. The smallest absolute Gasteiger partial charge is 0.471 e. The van der Waals surface area contributed by atoms with Gasteiger partial charge in [0.15, 0.2) is 0 Å². The van der Waals surface area contributed by atoms with Gasteiger partial charge in [0.25, 0.3) is 0 Å². The lowest BCUT2D eigenvalue weighted by molar-refractivity contribution is -0.174. The van der Waals surface area contributed by atoms with E-state index in [2.05, 4.69) is 10.0 Å². The number of ether oxygens (including phenoxy) is 1. The fourth-order valence-electron chi connectivity index (χ4n) is 4.27. The molecule has 1 amide bonds. The Kier molecular flexibility index (Phi) is 9.54. The van der Waals surface area contributed by atoms with Crippen LogP contribution < -0.4 is 14.8 Å². The average molecular weight is 567 g/mol. The fraction of sp³-hybridized carbons (Fsp3) is 0.458. The number of benzene rings is 2. The Morgan fingerprint density at radius 1 is 1.14 bits per heavy atom. The van der Waals surface area contributed by atoms with Crippen molar-refractivity contribution in [2.75, 3.05) is 18.9 Å². The molecule has 0 spiro atoms. The van der Waals surface area contributed by atoms with E-state index >= 15 is 0 Å². The van der Waals surface area contributed by atoms with Crippen LogP contribution in [0.25, 0.3) is 0 Å². The molecule has 12 heteroatoms. The molecule has 2 aromatic rings. The Bertz CT molecular complexity index is 1190. The molecule has 0 bridgehead atoms. The molecule has 36 heavy (non-hydrogen) atoms. The zero-order valence-electron chi connectivity index (χ0n) is 19.5. The summed E-state index contributed by atoms with van der Waals surface area (Å²) in [6.07, 6.45) is -3.38. The van der Waals surface area contributed by atoms with E-state index in [1.807, 2.05) is 6.07 Å². The second kappa shape index (κ2) is 12.0. The van der Waals surface area contributed by atoms with Crippen molar-refractivity contribution < 1.29 is 31.1 Å². The maximum absolute atomic E-state index is 13.0. The fourth-order valence-corrected chi connectivity index (χ4v) is 5.66. The molecule has 198 valence electrons. The monoisotopic (exact) mass is 566 g/mol. The first kappa shape index (κ1) is 28.6. The number of aryl methyl sites for hydroxylation is 1. The third-order valence-corrected chi connectivity index (χ3v) is 8.24. The summed E-state index contributed by atoms with van der Waals surface area (Å²) in [5.74, 6) is -2.00. The topological polar surface area (TPSA) is 84.5 Å². The Hall–Kier alpha value is -2.01. The molecule has 2 unspecified atom stereocenters. The van der Waals surface area contributed by atoms with E-state index < -0.39 is 34.1 Å². The second-order valence-electron chi connectivity index (χ2n) is 8.60. The molecule has 0 saturated heterocycles. The summed E-state index contributed by atoms with van der Waals surface area (Å²) in [6.45, 7) is 1.92. The Morgan fingerprint density at radius 2 is 1.89 bits per heavy atom. The first-order valence-electron chi connectivity index (χ1n) is 11.4. The summed E-state index contributed by atoms with van der Waals surface area (Å²) in [6, 6.07) is 9.57. The van der Waals surface area contributed by atoms with Gasteiger partial charge in [-0.2, -0.15) is 13.2 Å². The third kappa shape index (κ3) is 7.74. The lowest BCUT2D eigenvalue weighted by Gasteiger charge is -2.35. The highest BCUT2D eigenvalue weighted by Gasteiger charge is 2.42. The van der Waals surface area contributed by atoms with Crippen molar-refractivity contribution in [3.8, 4) is 5.75 Å². The molecule has 2 atom stereocenters. The molecule has 2 N–H and O–H groups in total. The minimum atomic E-state index is -5.00. The Labute approximate surface area is 218 Å². The van der Waals surface area contributed by atoms with Gasteiger partial charge in [0.1, 0.15) is 12.4 Å². The number of fused-ring (bicyclic) bond motifs is 1. The van der Waals surface area contributed by atoms with Crippen molar-refractivity contribution in [1.82, 2.24) is 10.0 Å². The lowest BCUT2D eigenvalue weighted by Crippen LogP contribution is -2.47. The Morgan fingerprint density at radius 3 is 2.56 bits per heavy atom. The van der Waals surface area contributed by atoms with E-state index in [0.29, 0.717) is 41.5 Å². The highest BCUT2D eigenvalue weighted by atomic mass is 35.5. The number of sulfonamides is 1. The van der Waals surface area contributed by atoms with Crippen molar-refractivity contribution in [1.29, 1.82) is 0 Å². The molecule has 0 heterocycles. The van der Waals surface area contributed by atoms with Gasteiger partial charge in [0.2, 0.25) is 10.0 Å². The van der Waals surface area contributed by atoms with Crippen LogP contribution in [0.5, 0.6) is 5.75 Å². The van der Waals surface area contributed by atoms with Crippen LogP contribution in [0, 0.1) is 0 Å². The van der Waals surface area contributed by atoms with Crippen LogP contribution in [0.15, 0.2) is 36.4 Å². The molecular formula is C24H27Cl2F3N2O4S. The predicted molar refractivity (Wildman–Crippen MR) is 133 cm³/mol. The van der Waals surface area contributed by atoms with Crippen molar-refractivity contribution in [3.05, 3.63) is 63.1 Å². The van der Waals surface area contributed by atoms with E-state index in [1.165, 1.54) is 0 Å². The molecule has 0 saturated carbocycles. The molecule has 3 rings (SSSR count). The number of amides is 1. The van der Waals surface area contributed by atoms with Gasteiger partial charge in [-0.25, -0.2) is 13.1 Å². The van der Waals surface area contributed by atoms with Crippen LogP contribution in [-0.2, 0) is 27.7 Å². The summed E-state index contributed by atoms with van der Waals surface area (Å²) >= 11 is 12.1. The standard InChI is InChI=1S/C24H27Cl2F3N2O4S/c1-2-11-36(33,34)30-9-10-35-17-6-4-16-5-8-22(31-23(32)24(27,28)29)19(18(16)14-17)12-15-3-7-20(25)21(26)13-15/h3-4,6-7,13-14,19,22,30H,2,5,8-12H2,1H3,(H,31,32). The lowest BCUT2D eigenvalue weighted by atomic mass is 9.76. The van der Waals surface area contributed by atoms with Gasteiger partial charge in [-0.15, -0.1) is 0 Å². The molecule has 0 aliphatic heterocycles. The molecule has 0 aromatic heterocycles. The van der Waals surface area contributed by atoms with Crippen molar-refractivity contribution in [2.24, 2.45) is 0 Å². The SMILES string of the molecule is CCCS(=O)(=O)NCCOc1ccc2c(c1)C(Cc1ccc(Cl)c(Cl)c1)C(NC(=O)C(F)(F)F)CC2. The third-order valence-electron chi connectivity index (χ3n) is 5.91.